The van der Waals surface area contributed by atoms with E-state index in [9.17, 15) is 9.59 Å². The lowest BCUT2D eigenvalue weighted by atomic mass is 10.1. The Kier molecular flexibility index (Phi) is 11.5. The molecule has 4 nitrogen and oxygen atoms in total. The van der Waals surface area contributed by atoms with E-state index in [1.807, 2.05) is 0 Å². The van der Waals surface area contributed by atoms with E-state index in [1.54, 1.807) is 0 Å². The van der Waals surface area contributed by atoms with E-state index in [0.717, 1.165) is 25.0 Å². The van der Waals surface area contributed by atoms with Crippen LogP contribution in [0.5, 0.6) is 0 Å². The molecular formula is C16H26O4. The molecule has 0 N–H and O–H groups in total. The van der Waals surface area contributed by atoms with Gasteiger partial charge >= 0.3 is 11.9 Å². The fourth-order valence-electron chi connectivity index (χ4n) is 1.78. The molecule has 114 valence electrons. The third-order valence-corrected chi connectivity index (χ3v) is 2.91. The molecule has 0 radical (unpaired) electrons. The predicted octanol–water partition coefficient (Wildman–Crippen LogP) is 3.56. The Bertz CT molecular complexity index is 310. The van der Waals surface area contributed by atoms with Gasteiger partial charge < -0.3 is 9.47 Å². The van der Waals surface area contributed by atoms with Crippen molar-refractivity contribution in [2.45, 2.75) is 58.0 Å². The molecule has 0 aliphatic heterocycles. The van der Waals surface area contributed by atoms with Crippen molar-refractivity contribution in [1.29, 1.82) is 0 Å². The van der Waals surface area contributed by atoms with Crippen molar-refractivity contribution in [3.63, 3.8) is 0 Å². The highest BCUT2D eigenvalue weighted by Gasteiger charge is 2.14. The summed E-state index contributed by atoms with van der Waals surface area (Å²) in [6, 6.07) is 0. The minimum atomic E-state index is -0.507. The van der Waals surface area contributed by atoms with E-state index in [0.29, 0.717) is 6.42 Å². The van der Waals surface area contributed by atoms with Crippen LogP contribution in [0.15, 0.2) is 25.3 Å². The first-order chi connectivity index (χ1) is 9.63. The fourth-order valence-corrected chi connectivity index (χ4v) is 1.78. The predicted molar refractivity (Wildman–Crippen MR) is 79.2 cm³/mol. The van der Waals surface area contributed by atoms with Crippen molar-refractivity contribution in [1.82, 2.24) is 0 Å². The third kappa shape index (κ3) is 10.4. The summed E-state index contributed by atoms with van der Waals surface area (Å²) in [4.78, 5) is 22.2. The summed E-state index contributed by atoms with van der Waals surface area (Å²) in [5.74, 6) is -0.997. The highest BCUT2D eigenvalue weighted by molar-refractivity contribution is 5.82. The van der Waals surface area contributed by atoms with Crippen LogP contribution in [-0.4, -0.2) is 24.6 Å². The van der Waals surface area contributed by atoms with Crippen LogP contribution in [-0.2, 0) is 19.1 Å². The fraction of sp³-hybridized carbons (Fsp3) is 0.625. The summed E-state index contributed by atoms with van der Waals surface area (Å²) < 4.78 is 10.1. The average molecular weight is 282 g/mol. The molecule has 1 unspecified atom stereocenters. The number of carbonyl (C=O) groups is 2. The largest absolute Gasteiger partial charge is 0.459 e. The van der Waals surface area contributed by atoms with Crippen LogP contribution >= 0.6 is 0 Å². The van der Waals surface area contributed by atoms with Gasteiger partial charge in [-0.05, 0) is 12.8 Å². The molecular weight excluding hydrogens is 256 g/mol. The van der Waals surface area contributed by atoms with Gasteiger partial charge in [0.05, 0.1) is 0 Å². The van der Waals surface area contributed by atoms with Crippen LogP contribution in [0.2, 0.25) is 0 Å². The lowest BCUT2D eigenvalue weighted by Crippen LogP contribution is -2.24. The Morgan fingerprint density at radius 3 is 2.20 bits per heavy atom. The lowest BCUT2D eigenvalue weighted by Gasteiger charge is -2.16. The molecule has 0 aromatic carbocycles. The van der Waals surface area contributed by atoms with Crippen LogP contribution in [0.1, 0.15) is 51.9 Å². The summed E-state index contributed by atoms with van der Waals surface area (Å²) >= 11 is 0. The molecule has 0 bridgehead atoms. The van der Waals surface area contributed by atoms with Crippen LogP contribution in [0.25, 0.3) is 0 Å². The van der Waals surface area contributed by atoms with E-state index in [1.165, 1.54) is 25.7 Å². The number of hydrogen-bond acceptors (Lipinski definition) is 4. The molecule has 0 amide bonds. The molecule has 0 rings (SSSR count). The van der Waals surface area contributed by atoms with Gasteiger partial charge in [0.25, 0.3) is 0 Å². The van der Waals surface area contributed by atoms with Gasteiger partial charge in [0.1, 0.15) is 12.7 Å². The molecule has 0 aliphatic carbocycles. The van der Waals surface area contributed by atoms with Crippen LogP contribution in [0.4, 0.5) is 0 Å². The first kappa shape index (κ1) is 18.4. The second-order valence-electron chi connectivity index (χ2n) is 4.65. The summed E-state index contributed by atoms with van der Waals surface area (Å²) in [5, 5.41) is 0. The maximum absolute atomic E-state index is 11.2. The van der Waals surface area contributed by atoms with E-state index in [4.69, 9.17) is 9.47 Å². The molecule has 20 heavy (non-hydrogen) atoms. The van der Waals surface area contributed by atoms with Crippen molar-refractivity contribution >= 4 is 11.9 Å². The Labute approximate surface area is 121 Å². The minimum absolute atomic E-state index is 0.0688. The molecule has 0 aliphatic rings. The molecule has 4 heteroatoms. The molecule has 0 saturated carbocycles. The SMILES string of the molecule is C=CC(=O)OCC(CCCCCCCC)OC(=O)C=C. The summed E-state index contributed by atoms with van der Waals surface area (Å²) in [5.41, 5.74) is 0. The van der Waals surface area contributed by atoms with Gasteiger partial charge in [0.15, 0.2) is 0 Å². The normalized spacial score (nSPS) is 11.4. The quantitative estimate of drug-likeness (QED) is 0.312. The van der Waals surface area contributed by atoms with Gasteiger partial charge in [-0.25, -0.2) is 9.59 Å². The first-order valence-electron chi connectivity index (χ1n) is 7.26. The van der Waals surface area contributed by atoms with Gasteiger partial charge in [-0.1, -0.05) is 52.2 Å². The van der Waals surface area contributed by atoms with Crippen molar-refractivity contribution in [3.05, 3.63) is 25.3 Å². The van der Waals surface area contributed by atoms with E-state index in [2.05, 4.69) is 20.1 Å². The summed E-state index contributed by atoms with van der Waals surface area (Å²) in [6.07, 6.45) is 9.43. The molecule has 0 aromatic heterocycles. The van der Waals surface area contributed by atoms with Gasteiger partial charge in [-0.3, -0.25) is 0 Å². The maximum Gasteiger partial charge on any atom is 0.330 e. The highest BCUT2D eigenvalue weighted by Crippen LogP contribution is 2.11. The zero-order valence-corrected chi connectivity index (χ0v) is 12.4. The van der Waals surface area contributed by atoms with E-state index < -0.39 is 18.0 Å². The zero-order valence-electron chi connectivity index (χ0n) is 12.4. The number of ether oxygens (including phenoxy) is 2. The molecule has 0 spiro atoms. The zero-order chi connectivity index (χ0) is 15.2. The topological polar surface area (TPSA) is 52.6 Å². The Hall–Kier alpha value is -1.58. The number of rotatable bonds is 12. The van der Waals surface area contributed by atoms with Crippen molar-refractivity contribution < 1.29 is 19.1 Å². The Balaban J connectivity index is 3.97. The van der Waals surface area contributed by atoms with E-state index in [-0.39, 0.29) is 6.61 Å². The first-order valence-corrected chi connectivity index (χ1v) is 7.26. The highest BCUT2D eigenvalue weighted by atomic mass is 16.6. The van der Waals surface area contributed by atoms with Gasteiger partial charge in [-0.2, -0.15) is 0 Å². The molecule has 0 fully saturated rings. The third-order valence-electron chi connectivity index (χ3n) is 2.91. The monoisotopic (exact) mass is 282 g/mol. The average Bonchev–Trinajstić information content (AvgIpc) is 2.47. The Morgan fingerprint density at radius 2 is 1.60 bits per heavy atom. The van der Waals surface area contributed by atoms with Gasteiger partial charge in [-0.15, -0.1) is 0 Å². The van der Waals surface area contributed by atoms with Crippen molar-refractivity contribution in [2.24, 2.45) is 0 Å². The van der Waals surface area contributed by atoms with Crippen molar-refractivity contribution in [3.8, 4) is 0 Å². The molecule has 0 heterocycles. The summed E-state index contributed by atoms with van der Waals surface area (Å²) in [7, 11) is 0. The number of carbonyl (C=O) groups excluding carboxylic acids is 2. The number of unbranched alkanes of at least 4 members (excludes halogenated alkanes) is 5. The van der Waals surface area contributed by atoms with Gasteiger partial charge in [0.2, 0.25) is 0 Å². The van der Waals surface area contributed by atoms with Crippen LogP contribution < -0.4 is 0 Å². The van der Waals surface area contributed by atoms with E-state index >= 15 is 0 Å². The molecule has 1 atom stereocenters. The lowest BCUT2D eigenvalue weighted by molar-refractivity contribution is -0.153. The Morgan fingerprint density at radius 1 is 1.00 bits per heavy atom. The smallest absolute Gasteiger partial charge is 0.330 e. The minimum Gasteiger partial charge on any atom is -0.459 e. The van der Waals surface area contributed by atoms with Crippen LogP contribution in [0, 0.1) is 0 Å². The number of hydrogen-bond donors (Lipinski definition) is 0. The molecule has 0 saturated heterocycles. The number of esters is 2. The molecule has 0 aromatic rings. The second kappa shape index (κ2) is 12.5. The van der Waals surface area contributed by atoms with Crippen molar-refractivity contribution in [2.75, 3.05) is 6.61 Å². The standard InChI is InChI=1S/C16H26O4/c1-4-7-8-9-10-11-12-14(20-16(18)6-3)13-19-15(17)5-2/h5-6,14H,2-4,7-13H2,1H3. The second-order valence-corrected chi connectivity index (χ2v) is 4.65. The maximum atomic E-state index is 11.2. The summed E-state index contributed by atoms with van der Waals surface area (Å²) in [6.45, 7) is 8.93. The van der Waals surface area contributed by atoms with Crippen LogP contribution in [0.3, 0.4) is 0 Å². The van der Waals surface area contributed by atoms with Gasteiger partial charge in [0, 0.05) is 12.2 Å².